The Hall–Kier alpha value is 0.594. The minimum absolute atomic E-state index is 0.190. The third-order valence-corrected chi connectivity index (χ3v) is 3.82. The van der Waals surface area contributed by atoms with E-state index >= 15 is 0 Å². The van der Waals surface area contributed by atoms with E-state index in [4.69, 9.17) is 11.7 Å². The fourth-order valence-electron chi connectivity index (χ4n) is 0.599. The molecule has 0 atom stereocenters. The van der Waals surface area contributed by atoms with Crippen LogP contribution in [-0.2, 0) is 25.3 Å². The van der Waals surface area contributed by atoms with Crippen molar-refractivity contribution < 1.29 is 30.4 Å². The van der Waals surface area contributed by atoms with Crippen LogP contribution in [0.2, 0.25) is 4.73 Å². The van der Waals surface area contributed by atoms with E-state index in [-0.39, 0.29) is 6.61 Å². The predicted octanol–water partition coefficient (Wildman–Crippen LogP) is 0.918. The third kappa shape index (κ3) is 5.38. The Labute approximate surface area is 69.1 Å². The van der Waals surface area contributed by atoms with Gasteiger partial charge in [-0.2, -0.15) is 0 Å². The van der Waals surface area contributed by atoms with Crippen LogP contribution >= 0.6 is 0 Å². The molecular weight excluding hydrogens is 168 g/mol. The molecule has 0 amide bonds. The van der Waals surface area contributed by atoms with E-state index in [1.807, 2.05) is 13.8 Å². The molecule has 0 rings (SSSR count). The van der Waals surface area contributed by atoms with Crippen molar-refractivity contribution in [2.75, 3.05) is 19.8 Å². The number of aliphatic hydroxyl groups is 1. The van der Waals surface area contributed by atoms with Gasteiger partial charge in [0.05, 0.1) is 0 Å². The van der Waals surface area contributed by atoms with E-state index in [1.165, 1.54) is 0 Å². The molecule has 0 bridgehead atoms. The van der Waals surface area contributed by atoms with Gasteiger partial charge in [-0.25, -0.2) is 0 Å². The third-order valence-electron chi connectivity index (χ3n) is 0.927. The molecule has 0 aliphatic rings. The zero-order valence-corrected chi connectivity index (χ0v) is 8.15. The van der Waals surface area contributed by atoms with Crippen LogP contribution < -0.4 is 0 Å². The number of aliphatic hydroxyl groups excluding tert-OH is 1. The zero-order chi connectivity index (χ0) is 7.82. The average molecular weight is 183 g/mol. The zero-order valence-electron chi connectivity index (χ0n) is 6.59. The molecule has 0 spiro atoms. The Bertz CT molecular complexity index is 55.7. The molecule has 0 radical (unpaired) electrons. The molecule has 1 N–H and O–H groups in total. The molecule has 0 heterocycles. The monoisotopic (exact) mass is 183 g/mol. The first-order valence-electron chi connectivity index (χ1n) is 3.57. The van der Waals surface area contributed by atoms with Crippen LogP contribution in [0.1, 0.15) is 13.8 Å². The fourth-order valence-corrected chi connectivity index (χ4v) is 2.47. The molecule has 0 aromatic heterocycles. The van der Waals surface area contributed by atoms with Gasteiger partial charge in [0.25, 0.3) is 0 Å². The van der Waals surface area contributed by atoms with Crippen molar-refractivity contribution in [1.82, 2.24) is 0 Å². The Morgan fingerprint density at radius 3 is 2.00 bits per heavy atom. The molecule has 0 saturated carbocycles. The summed E-state index contributed by atoms with van der Waals surface area (Å²) in [5, 5.41) is 8.57. The molecule has 10 heavy (non-hydrogen) atoms. The van der Waals surface area contributed by atoms with Gasteiger partial charge in [-0.05, 0) is 0 Å². The Kier molecular flexibility index (Phi) is 8.16. The molecule has 61 valence electrons. The second kappa shape index (κ2) is 7.70. The van der Waals surface area contributed by atoms with Gasteiger partial charge in [0, 0.05) is 0 Å². The maximum atomic E-state index is 8.57. The summed E-state index contributed by atoms with van der Waals surface area (Å²) in [4.78, 5) is 0. The van der Waals surface area contributed by atoms with Crippen LogP contribution in [0.15, 0.2) is 0 Å². The van der Waals surface area contributed by atoms with Crippen molar-refractivity contribution in [3.8, 4) is 0 Å². The summed E-state index contributed by atoms with van der Waals surface area (Å²) in [5.74, 6) is 0. The predicted molar refractivity (Wildman–Crippen MR) is 35.1 cm³/mol. The van der Waals surface area contributed by atoms with Crippen LogP contribution in [0.25, 0.3) is 0 Å². The van der Waals surface area contributed by atoms with Gasteiger partial charge < -0.3 is 0 Å². The van der Waals surface area contributed by atoms with Crippen LogP contribution in [0, 0.1) is 0 Å². The van der Waals surface area contributed by atoms with E-state index in [0.29, 0.717) is 13.2 Å². The molecule has 0 aliphatic heterocycles. The number of hydrogen-bond donors (Lipinski definition) is 1. The van der Waals surface area contributed by atoms with Gasteiger partial charge >= 0.3 is 68.8 Å². The molecule has 0 unspecified atom stereocenters. The van der Waals surface area contributed by atoms with Crippen LogP contribution in [0.5, 0.6) is 0 Å². The summed E-state index contributed by atoms with van der Waals surface area (Å²) < 4.78 is 11.3. The first kappa shape index (κ1) is 10.6. The SMILES string of the molecule is CC[O][Ti]([CH2]CO)[O]CC. The van der Waals surface area contributed by atoms with Crippen LogP contribution in [0.3, 0.4) is 0 Å². The molecule has 4 heteroatoms. The summed E-state index contributed by atoms with van der Waals surface area (Å²) >= 11 is -1.74. The van der Waals surface area contributed by atoms with Crippen molar-refractivity contribution in [2.24, 2.45) is 0 Å². The molecule has 3 nitrogen and oxygen atoms in total. The van der Waals surface area contributed by atoms with Gasteiger partial charge in [-0.1, -0.05) is 0 Å². The Morgan fingerprint density at radius 1 is 1.20 bits per heavy atom. The summed E-state index contributed by atoms with van der Waals surface area (Å²) in [6.07, 6.45) is 0. The van der Waals surface area contributed by atoms with Gasteiger partial charge in [0.1, 0.15) is 0 Å². The molecule has 0 aromatic rings. The van der Waals surface area contributed by atoms with Crippen molar-refractivity contribution in [3.63, 3.8) is 0 Å². The molecule has 0 aliphatic carbocycles. The van der Waals surface area contributed by atoms with E-state index in [0.717, 1.165) is 4.73 Å². The maximum absolute atomic E-state index is 8.57. The van der Waals surface area contributed by atoms with Gasteiger partial charge in [-0.3, -0.25) is 0 Å². The number of hydrogen-bond acceptors (Lipinski definition) is 3. The van der Waals surface area contributed by atoms with Gasteiger partial charge in [-0.15, -0.1) is 0 Å². The second-order valence-electron chi connectivity index (χ2n) is 1.71. The molecule has 0 aromatic carbocycles. The molecular formula is C6H15O3Ti. The molecule has 0 fully saturated rings. The standard InChI is InChI=1S/3C2H5O.Ti/c3*1-2-3;/h2*2H2,1H3;3H,1-2H2;/q2*-1;;+2. The molecule has 0 saturated heterocycles. The Morgan fingerprint density at radius 2 is 1.70 bits per heavy atom. The summed E-state index contributed by atoms with van der Waals surface area (Å²) in [6, 6.07) is 0. The summed E-state index contributed by atoms with van der Waals surface area (Å²) in [5.41, 5.74) is 0. The van der Waals surface area contributed by atoms with E-state index in [1.54, 1.807) is 0 Å². The summed E-state index contributed by atoms with van der Waals surface area (Å²) in [6.45, 7) is 5.49. The first-order valence-corrected chi connectivity index (χ1v) is 5.95. The van der Waals surface area contributed by atoms with Crippen molar-refractivity contribution in [2.45, 2.75) is 18.6 Å². The minimum atomic E-state index is -1.74. The van der Waals surface area contributed by atoms with Crippen molar-refractivity contribution in [3.05, 3.63) is 0 Å². The summed E-state index contributed by atoms with van der Waals surface area (Å²) in [7, 11) is 0. The Balaban J connectivity index is 3.30. The van der Waals surface area contributed by atoms with Gasteiger partial charge in [0.15, 0.2) is 0 Å². The average Bonchev–Trinajstić information content (AvgIpc) is 1.90. The quantitative estimate of drug-likeness (QED) is 0.622. The van der Waals surface area contributed by atoms with Crippen molar-refractivity contribution in [1.29, 1.82) is 0 Å². The van der Waals surface area contributed by atoms with E-state index in [9.17, 15) is 0 Å². The fraction of sp³-hybridized carbons (Fsp3) is 1.00. The van der Waals surface area contributed by atoms with E-state index in [2.05, 4.69) is 0 Å². The van der Waals surface area contributed by atoms with Crippen molar-refractivity contribution >= 4 is 0 Å². The van der Waals surface area contributed by atoms with Gasteiger partial charge in [0.2, 0.25) is 0 Å². The van der Waals surface area contributed by atoms with Crippen LogP contribution in [-0.4, -0.2) is 24.9 Å². The normalized spacial score (nSPS) is 9.90. The van der Waals surface area contributed by atoms with Crippen LogP contribution in [0.4, 0.5) is 0 Å². The topological polar surface area (TPSA) is 38.7 Å². The number of rotatable bonds is 6. The first-order chi connectivity index (χ1) is 4.85. The van der Waals surface area contributed by atoms with E-state index < -0.39 is 18.6 Å². The second-order valence-corrected chi connectivity index (χ2v) is 4.56.